The largest absolute Gasteiger partial charge is 0.496 e. The van der Waals surface area contributed by atoms with E-state index in [-0.39, 0.29) is 43.2 Å². The van der Waals surface area contributed by atoms with Crippen molar-refractivity contribution in [3.05, 3.63) is 64.7 Å². The van der Waals surface area contributed by atoms with Crippen LogP contribution in [-0.2, 0) is 20.8 Å². The van der Waals surface area contributed by atoms with Crippen LogP contribution in [0.5, 0.6) is 17.2 Å². The Bertz CT molecular complexity index is 1360. The van der Waals surface area contributed by atoms with E-state index < -0.39 is 41.8 Å². The number of methoxy groups -OCH3 is 2. The van der Waals surface area contributed by atoms with Gasteiger partial charge in [-0.05, 0) is 36.3 Å². The summed E-state index contributed by atoms with van der Waals surface area (Å²) in [5, 5.41) is 23.6. The number of fused-ring (bicyclic) bond motifs is 3. The van der Waals surface area contributed by atoms with Gasteiger partial charge in [0.15, 0.2) is 11.5 Å². The SMILES string of the molecule is CCC(=O)C(=O)N(CCc1ccccc1OC)C1C=C(C(=O)NCCO)C2c3cc(C=O)cc(OC)c3OC2C1O. The molecule has 2 amide bonds. The highest BCUT2D eigenvalue weighted by molar-refractivity contribution is 6.36. The highest BCUT2D eigenvalue weighted by Gasteiger charge is 2.51. The van der Waals surface area contributed by atoms with Gasteiger partial charge in [0.25, 0.3) is 5.91 Å². The van der Waals surface area contributed by atoms with Gasteiger partial charge in [-0.3, -0.25) is 19.2 Å². The predicted octanol–water partition coefficient (Wildman–Crippen LogP) is 1.19. The molecule has 41 heavy (non-hydrogen) atoms. The van der Waals surface area contributed by atoms with Gasteiger partial charge in [0.1, 0.15) is 24.2 Å². The topological polar surface area (TPSA) is 152 Å². The summed E-state index contributed by atoms with van der Waals surface area (Å²) in [6, 6.07) is 9.23. The van der Waals surface area contributed by atoms with E-state index in [9.17, 15) is 29.4 Å². The van der Waals surface area contributed by atoms with E-state index in [1.54, 1.807) is 19.1 Å². The lowest BCUT2D eigenvalue weighted by molar-refractivity contribution is -0.148. The van der Waals surface area contributed by atoms with Gasteiger partial charge in [-0.15, -0.1) is 0 Å². The van der Waals surface area contributed by atoms with Gasteiger partial charge in [0.05, 0.1) is 32.8 Å². The fraction of sp³-hybridized carbons (Fsp3) is 0.400. The van der Waals surface area contributed by atoms with E-state index in [4.69, 9.17) is 14.2 Å². The van der Waals surface area contributed by atoms with Crippen molar-refractivity contribution in [3.8, 4) is 17.2 Å². The summed E-state index contributed by atoms with van der Waals surface area (Å²) in [7, 11) is 2.95. The molecule has 1 aliphatic carbocycles. The molecule has 2 aromatic carbocycles. The monoisotopic (exact) mass is 566 g/mol. The quantitative estimate of drug-likeness (QED) is 0.254. The normalized spacial score (nSPS) is 20.6. The predicted molar refractivity (Wildman–Crippen MR) is 147 cm³/mol. The van der Waals surface area contributed by atoms with Crippen LogP contribution in [0, 0.1) is 0 Å². The van der Waals surface area contributed by atoms with E-state index >= 15 is 0 Å². The molecular formula is C30H34N2O9. The van der Waals surface area contributed by atoms with Crippen molar-refractivity contribution in [1.29, 1.82) is 0 Å². The first kappa shape index (κ1) is 29.8. The van der Waals surface area contributed by atoms with Crippen molar-refractivity contribution in [2.75, 3.05) is 33.9 Å². The zero-order valence-electron chi connectivity index (χ0n) is 23.2. The Labute approximate surface area is 237 Å². The molecular weight excluding hydrogens is 532 g/mol. The molecule has 218 valence electrons. The number of aliphatic hydroxyl groups excluding tert-OH is 2. The van der Waals surface area contributed by atoms with Gasteiger partial charge in [-0.2, -0.15) is 0 Å². The van der Waals surface area contributed by atoms with Gasteiger partial charge in [0, 0.05) is 36.2 Å². The van der Waals surface area contributed by atoms with Crippen LogP contribution < -0.4 is 19.5 Å². The molecule has 2 aromatic rings. The fourth-order valence-corrected chi connectivity index (χ4v) is 5.41. The van der Waals surface area contributed by atoms with Crippen molar-refractivity contribution >= 4 is 23.9 Å². The Kier molecular flexibility index (Phi) is 9.41. The molecule has 0 aromatic heterocycles. The molecule has 0 fully saturated rings. The van der Waals surface area contributed by atoms with E-state index in [1.165, 1.54) is 31.3 Å². The Balaban J connectivity index is 1.80. The van der Waals surface area contributed by atoms with Crippen LogP contribution in [0.3, 0.4) is 0 Å². The molecule has 11 heteroatoms. The maximum absolute atomic E-state index is 13.4. The van der Waals surface area contributed by atoms with Crippen LogP contribution in [0.4, 0.5) is 0 Å². The molecule has 2 aliphatic rings. The number of carbonyl (C=O) groups excluding carboxylic acids is 4. The highest BCUT2D eigenvalue weighted by atomic mass is 16.5. The number of nitrogens with zero attached hydrogens (tertiary/aromatic N) is 1. The summed E-state index contributed by atoms with van der Waals surface area (Å²) < 4.78 is 17.0. The summed E-state index contributed by atoms with van der Waals surface area (Å²) >= 11 is 0. The molecule has 4 unspecified atom stereocenters. The number of Topliss-reactive ketones (excluding diaryl/α,β-unsaturated/α-hetero) is 1. The molecule has 3 N–H and O–H groups in total. The number of rotatable bonds is 12. The molecule has 0 saturated heterocycles. The maximum atomic E-state index is 13.4. The average Bonchev–Trinajstić information content (AvgIpc) is 3.39. The molecule has 4 rings (SSSR count). The summed E-state index contributed by atoms with van der Waals surface area (Å²) in [5.41, 5.74) is 1.72. The molecule has 1 aliphatic heterocycles. The number of ether oxygens (including phenoxy) is 3. The minimum absolute atomic E-state index is 0.0308. The minimum Gasteiger partial charge on any atom is -0.496 e. The van der Waals surface area contributed by atoms with Crippen molar-refractivity contribution in [2.45, 2.75) is 43.9 Å². The zero-order chi connectivity index (χ0) is 29.7. The number of hydrogen-bond donors (Lipinski definition) is 3. The summed E-state index contributed by atoms with van der Waals surface area (Å²) in [6.45, 7) is 1.28. The molecule has 0 bridgehead atoms. The molecule has 4 atom stereocenters. The molecule has 0 spiro atoms. The van der Waals surface area contributed by atoms with Gasteiger partial charge in [0.2, 0.25) is 11.7 Å². The molecule has 0 radical (unpaired) electrons. The Morgan fingerprint density at radius 3 is 2.51 bits per heavy atom. The van der Waals surface area contributed by atoms with Crippen molar-refractivity contribution in [3.63, 3.8) is 0 Å². The number of aldehydes is 1. The van der Waals surface area contributed by atoms with Crippen LogP contribution in [0.1, 0.15) is 40.7 Å². The Morgan fingerprint density at radius 2 is 1.85 bits per heavy atom. The van der Waals surface area contributed by atoms with Crippen molar-refractivity contribution in [2.24, 2.45) is 0 Å². The average molecular weight is 567 g/mol. The number of nitrogens with one attached hydrogen (secondary N) is 1. The fourth-order valence-electron chi connectivity index (χ4n) is 5.41. The first-order valence-corrected chi connectivity index (χ1v) is 13.4. The van der Waals surface area contributed by atoms with Gasteiger partial charge in [-0.25, -0.2) is 0 Å². The third-order valence-electron chi connectivity index (χ3n) is 7.41. The van der Waals surface area contributed by atoms with Crippen molar-refractivity contribution in [1.82, 2.24) is 10.2 Å². The molecule has 11 nitrogen and oxygen atoms in total. The Hall–Kier alpha value is -4.22. The van der Waals surface area contributed by atoms with E-state index in [0.717, 1.165) is 5.56 Å². The maximum Gasteiger partial charge on any atom is 0.290 e. The summed E-state index contributed by atoms with van der Waals surface area (Å²) in [6.07, 6.45) is -0.00888. The third-order valence-corrected chi connectivity index (χ3v) is 7.41. The molecule has 0 saturated carbocycles. The number of ketones is 1. The number of carbonyl (C=O) groups is 4. The van der Waals surface area contributed by atoms with Crippen LogP contribution in [0.2, 0.25) is 0 Å². The van der Waals surface area contributed by atoms with Crippen LogP contribution in [0.15, 0.2) is 48.0 Å². The summed E-state index contributed by atoms with van der Waals surface area (Å²) in [4.78, 5) is 52.4. The lowest BCUT2D eigenvalue weighted by Gasteiger charge is -2.40. The van der Waals surface area contributed by atoms with Crippen LogP contribution in [0.25, 0.3) is 0 Å². The van der Waals surface area contributed by atoms with E-state index in [0.29, 0.717) is 29.6 Å². The summed E-state index contributed by atoms with van der Waals surface area (Å²) in [5.74, 6) is -1.67. The van der Waals surface area contributed by atoms with Crippen LogP contribution >= 0.6 is 0 Å². The molecule has 1 heterocycles. The first-order valence-electron chi connectivity index (χ1n) is 13.4. The standard InChI is InChI=1S/C30H34N2O9/c1-4-22(35)30(38)32(11-9-18-7-5-6-8-23(18)39-2)21-15-20(29(37)31-10-12-33)25-19-13-17(16-34)14-24(40-3)27(19)41-28(25)26(21)36/h5-8,13-16,21,25-26,28,33,36H,4,9-12H2,1-3H3,(H,31,37). The lowest BCUT2D eigenvalue weighted by atomic mass is 9.77. The highest BCUT2D eigenvalue weighted by Crippen LogP contribution is 2.51. The third kappa shape index (κ3) is 5.82. The lowest BCUT2D eigenvalue weighted by Crippen LogP contribution is -2.57. The minimum atomic E-state index is -1.35. The second-order valence-electron chi connectivity index (χ2n) is 9.74. The van der Waals surface area contributed by atoms with Gasteiger partial charge < -0.3 is 34.6 Å². The number of benzene rings is 2. The number of aliphatic hydroxyl groups is 2. The number of hydrogen-bond acceptors (Lipinski definition) is 9. The number of amides is 2. The first-order chi connectivity index (χ1) is 19.8. The van der Waals surface area contributed by atoms with E-state index in [2.05, 4.69) is 5.32 Å². The van der Waals surface area contributed by atoms with Crippen molar-refractivity contribution < 1.29 is 43.6 Å². The second-order valence-corrected chi connectivity index (χ2v) is 9.74. The number of para-hydroxylation sites is 1. The zero-order valence-corrected chi connectivity index (χ0v) is 23.2. The van der Waals surface area contributed by atoms with Gasteiger partial charge in [-0.1, -0.05) is 25.1 Å². The van der Waals surface area contributed by atoms with E-state index in [1.807, 2.05) is 18.2 Å². The smallest absolute Gasteiger partial charge is 0.290 e. The van der Waals surface area contributed by atoms with Gasteiger partial charge >= 0.3 is 0 Å². The second kappa shape index (κ2) is 13.0. The Morgan fingerprint density at radius 1 is 1.12 bits per heavy atom. The van der Waals surface area contributed by atoms with Crippen LogP contribution in [-0.4, -0.2) is 91.2 Å².